The maximum absolute atomic E-state index is 10.7. The van der Waals surface area contributed by atoms with Gasteiger partial charge in [-0.3, -0.25) is 4.79 Å². The van der Waals surface area contributed by atoms with Crippen LogP contribution in [0.2, 0.25) is 0 Å². The van der Waals surface area contributed by atoms with Gasteiger partial charge in [0, 0.05) is 25.1 Å². The highest BCUT2D eigenvalue weighted by Gasteiger charge is 2.25. The lowest BCUT2D eigenvalue weighted by Crippen LogP contribution is -2.22. The van der Waals surface area contributed by atoms with Gasteiger partial charge in [0.25, 0.3) is 5.78 Å². The van der Waals surface area contributed by atoms with Crippen molar-refractivity contribution in [1.29, 1.82) is 0 Å². The predicted octanol–water partition coefficient (Wildman–Crippen LogP) is 2.98. The standard InChI is InChI=1S/C21H24N6O2/c1-13(7-8-22-12-28)17(19-9-14(2)25-21-23-11-24-27(19)21)10-16-5-4-6-18-20(16)29-15(3)26-18/h4-6,9,11-13,17H,7-8,10H2,1-3H3,(H,22,28)/t13-,17?/m1/s1. The zero-order valence-corrected chi connectivity index (χ0v) is 16.8. The van der Waals surface area contributed by atoms with Gasteiger partial charge in [-0.05, 0) is 43.4 Å². The molecule has 0 saturated heterocycles. The Morgan fingerprint density at radius 3 is 2.97 bits per heavy atom. The van der Waals surface area contributed by atoms with E-state index in [0.717, 1.165) is 47.3 Å². The fourth-order valence-electron chi connectivity index (χ4n) is 3.91. The zero-order chi connectivity index (χ0) is 20.4. The van der Waals surface area contributed by atoms with Gasteiger partial charge in [-0.15, -0.1) is 0 Å². The molecule has 4 aromatic rings. The van der Waals surface area contributed by atoms with E-state index in [-0.39, 0.29) is 11.8 Å². The second kappa shape index (κ2) is 7.98. The Morgan fingerprint density at radius 2 is 2.14 bits per heavy atom. The molecule has 0 saturated carbocycles. The number of oxazole rings is 1. The maximum atomic E-state index is 10.7. The van der Waals surface area contributed by atoms with Crippen molar-refractivity contribution in [2.75, 3.05) is 6.54 Å². The van der Waals surface area contributed by atoms with E-state index in [2.05, 4.69) is 44.4 Å². The van der Waals surface area contributed by atoms with Crippen molar-refractivity contribution in [1.82, 2.24) is 29.9 Å². The fourth-order valence-corrected chi connectivity index (χ4v) is 3.91. The van der Waals surface area contributed by atoms with E-state index in [4.69, 9.17) is 4.42 Å². The molecule has 8 nitrogen and oxygen atoms in total. The van der Waals surface area contributed by atoms with Gasteiger partial charge in [0.05, 0.1) is 5.69 Å². The maximum Gasteiger partial charge on any atom is 0.252 e. The number of nitrogens with one attached hydrogen (secondary N) is 1. The molecule has 4 rings (SSSR count). The van der Waals surface area contributed by atoms with E-state index in [0.29, 0.717) is 18.2 Å². The Hall–Kier alpha value is -3.29. The van der Waals surface area contributed by atoms with Crippen LogP contribution in [0.15, 0.2) is 35.0 Å². The van der Waals surface area contributed by atoms with E-state index >= 15 is 0 Å². The summed E-state index contributed by atoms with van der Waals surface area (Å²) in [7, 11) is 0. The predicted molar refractivity (Wildman–Crippen MR) is 109 cm³/mol. The lowest BCUT2D eigenvalue weighted by atomic mass is 9.83. The second-order valence-electron chi connectivity index (χ2n) is 7.44. The molecule has 8 heteroatoms. The summed E-state index contributed by atoms with van der Waals surface area (Å²) >= 11 is 0. The summed E-state index contributed by atoms with van der Waals surface area (Å²) in [5.41, 5.74) is 4.75. The minimum absolute atomic E-state index is 0.130. The van der Waals surface area contributed by atoms with Gasteiger partial charge in [-0.1, -0.05) is 19.1 Å². The van der Waals surface area contributed by atoms with Crippen LogP contribution in [0.5, 0.6) is 0 Å². The van der Waals surface area contributed by atoms with Crippen molar-refractivity contribution < 1.29 is 9.21 Å². The minimum Gasteiger partial charge on any atom is -0.441 e. The number of carbonyl (C=O) groups excluding carboxylic acids is 1. The third-order valence-electron chi connectivity index (χ3n) is 5.34. The molecule has 2 atom stereocenters. The molecule has 0 aliphatic heterocycles. The number of amides is 1. The summed E-state index contributed by atoms with van der Waals surface area (Å²) in [5.74, 6) is 1.66. The number of benzene rings is 1. The molecule has 0 radical (unpaired) electrons. The molecule has 0 aliphatic carbocycles. The van der Waals surface area contributed by atoms with Crippen molar-refractivity contribution in [3.8, 4) is 0 Å². The number of hydrogen-bond donors (Lipinski definition) is 1. The molecule has 1 N–H and O–H groups in total. The molecule has 0 fully saturated rings. The number of rotatable bonds is 8. The highest BCUT2D eigenvalue weighted by atomic mass is 16.3. The van der Waals surface area contributed by atoms with Crippen LogP contribution in [0, 0.1) is 19.8 Å². The summed E-state index contributed by atoms with van der Waals surface area (Å²) in [4.78, 5) is 23.9. The molecule has 3 aromatic heterocycles. The van der Waals surface area contributed by atoms with Crippen LogP contribution in [0.1, 0.15) is 42.1 Å². The van der Waals surface area contributed by atoms with E-state index < -0.39 is 0 Å². The number of aromatic nitrogens is 5. The molecule has 0 spiro atoms. The van der Waals surface area contributed by atoms with Crippen LogP contribution >= 0.6 is 0 Å². The summed E-state index contributed by atoms with van der Waals surface area (Å²) in [6.45, 7) is 6.65. The average Bonchev–Trinajstić information content (AvgIpc) is 3.31. The molecular formula is C21H24N6O2. The SMILES string of the molecule is Cc1cc(C(Cc2cccc3nc(C)oc23)[C@H](C)CCNC=O)n2ncnc2n1. The highest BCUT2D eigenvalue weighted by molar-refractivity contribution is 5.76. The molecule has 150 valence electrons. The Balaban J connectivity index is 1.77. The first-order chi connectivity index (χ1) is 14.1. The molecule has 1 unspecified atom stereocenters. The van der Waals surface area contributed by atoms with Crippen LogP contribution in [0.25, 0.3) is 16.9 Å². The summed E-state index contributed by atoms with van der Waals surface area (Å²) < 4.78 is 7.71. The van der Waals surface area contributed by atoms with Crippen LogP contribution in [-0.2, 0) is 11.2 Å². The van der Waals surface area contributed by atoms with Crippen molar-refractivity contribution in [3.05, 3.63) is 53.4 Å². The van der Waals surface area contributed by atoms with E-state index in [1.54, 1.807) is 0 Å². The Morgan fingerprint density at radius 1 is 1.28 bits per heavy atom. The van der Waals surface area contributed by atoms with Gasteiger partial charge in [0.2, 0.25) is 6.41 Å². The van der Waals surface area contributed by atoms with Gasteiger partial charge in [0.1, 0.15) is 11.8 Å². The number of para-hydroxylation sites is 1. The third kappa shape index (κ3) is 3.83. The largest absolute Gasteiger partial charge is 0.441 e. The molecule has 0 aliphatic rings. The van der Waals surface area contributed by atoms with E-state index in [1.807, 2.05) is 30.5 Å². The van der Waals surface area contributed by atoms with Gasteiger partial charge < -0.3 is 9.73 Å². The van der Waals surface area contributed by atoms with Crippen LogP contribution < -0.4 is 5.32 Å². The summed E-state index contributed by atoms with van der Waals surface area (Å²) in [5, 5.41) is 7.17. The highest BCUT2D eigenvalue weighted by Crippen LogP contribution is 2.33. The third-order valence-corrected chi connectivity index (χ3v) is 5.34. The van der Waals surface area contributed by atoms with Crippen LogP contribution in [0.4, 0.5) is 0 Å². The lowest BCUT2D eigenvalue weighted by molar-refractivity contribution is -0.109. The minimum atomic E-state index is 0.130. The molecule has 1 aromatic carbocycles. The number of aryl methyl sites for hydroxylation is 2. The summed E-state index contributed by atoms with van der Waals surface area (Å²) in [6, 6.07) is 8.14. The number of carbonyl (C=O) groups is 1. The van der Waals surface area contributed by atoms with Crippen molar-refractivity contribution in [2.45, 2.75) is 39.5 Å². The van der Waals surface area contributed by atoms with Crippen LogP contribution in [-0.4, -0.2) is 37.5 Å². The number of fused-ring (bicyclic) bond motifs is 2. The zero-order valence-electron chi connectivity index (χ0n) is 16.8. The molecule has 29 heavy (non-hydrogen) atoms. The van der Waals surface area contributed by atoms with Gasteiger partial charge in [-0.25, -0.2) is 14.5 Å². The van der Waals surface area contributed by atoms with Crippen molar-refractivity contribution in [3.63, 3.8) is 0 Å². The molecule has 3 heterocycles. The first kappa shape index (κ1) is 19.0. The van der Waals surface area contributed by atoms with Gasteiger partial charge >= 0.3 is 0 Å². The first-order valence-electron chi connectivity index (χ1n) is 9.76. The van der Waals surface area contributed by atoms with Crippen LogP contribution in [0.3, 0.4) is 0 Å². The second-order valence-corrected chi connectivity index (χ2v) is 7.44. The molecule has 1 amide bonds. The Labute approximate surface area is 168 Å². The van der Waals surface area contributed by atoms with Gasteiger partial charge in [0.15, 0.2) is 11.5 Å². The van der Waals surface area contributed by atoms with E-state index in [9.17, 15) is 4.79 Å². The normalized spacial score (nSPS) is 13.6. The van der Waals surface area contributed by atoms with E-state index in [1.165, 1.54) is 6.33 Å². The van der Waals surface area contributed by atoms with Crippen molar-refractivity contribution in [2.24, 2.45) is 5.92 Å². The van der Waals surface area contributed by atoms with Crippen molar-refractivity contribution >= 4 is 23.3 Å². The first-order valence-corrected chi connectivity index (χ1v) is 9.76. The molecular weight excluding hydrogens is 368 g/mol. The quantitative estimate of drug-likeness (QED) is 0.366. The molecule has 0 bridgehead atoms. The Bertz CT molecular complexity index is 1150. The summed E-state index contributed by atoms with van der Waals surface area (Å²) in [6.07, 6.45) is 3.87. The topological polar surface area (TPSA) is 98.2 Å². The monoisotopic (exact) mass is 392 g/mol. The number of hydrogen-bond acceptors (Lipinski definition) is 6. The average molecular weight is 392 g/mol. The number of nitrogens with zero attached hydrogens (tertiary/aromatic N) is 5. The van der Waals surface area contributed by atoms with Gasteiger partial charge in [-0.2, -0.15) is 10.1 Å². The fraction of sp³-hybridized carbons (Fsp3) is 0.381. The smallest absolute Gasteiger partial charge is 0.252 e. The Kier molecular flexibility index (Phi) is 5.24. The lowest BCUT2D eigenvalue weighted by Gasteiger charge is -2.25.